The molecule has 0 radical (unpaired) electrons. The first kappa shape index (κ1) is 14.1. The summed E-state index contributed by atoms with van der Waals surface area (Å²) in [6.07, 6.45) is 0.651. The molecule has 0 saturated carbocycles. The lowest BCUT2D eigenvalue weighted by molar-refractivity contribution is -0.384. The lowest BCUT2D eigenvalue weighted by Crippen LogP contribution is -2.21. The second-order valence-corrected chi connectivity index (χ2v) is 4.51. The van der Waals surface area contributed by atoms with E-state index in [1.165, 1.54) is 12.1 Å². The molecule has 1 aromatic heterocycles. The summed E-state index contributed by atoms with van der Waals surface area (Å²) in [5.74, 6) is 1.23. The van der Waals surface area contributed by atoms with Gasteiger partial charge in [0.25, 0.3) is 5.69 Å². The maximum absolute atomic E-state index is 10.6. The summed E-state index contributed by atoms with van der Waals surface area (Å²) >= 11 is 0. The van der Waals surface area contributed by atoms with E-state index >= 15 is 0 Å². The highest BCUT2D eigenvalue weighted by molar-refractivity contribution is 5.34. The molecule has 0 aliphatic heterocycles. The smallest absolute Gasteiger partial charge is 0.269 e. The van der Waals surface area contributed by atoms with Crippen molar-refractivity contribution < 1.29 is 9.45 Å². The van der Waals surface area contributed by atoms with Gasteiger partial charge in [0, 0.05) is 31.1 Å². The number of aromatic nitrogens is 2. The second kappa shape index (κ2) is 6.25. The molecule has 1 atom stereocenters. The van der Waals surface area contributed by atoms with Crippen molar-refractivity contribution in [3.63, 3.8) is 0 Å². The molecule has 1 N–H and O–H groups in total. The van der Waals surface area contributed by atoms with Crippen LogP contribution < -0.4 is 5.32 Å². The third-order valence-electron chi connectivity index (χ3n) is 2.96. The fraction of sp³-hybridized carbons (Fsp3) is 0.385. The van der Waals surface area contributed by atoms with Gasteiger partial charge in [0.15, 0.2) is 5.82 Å². The van der Waals surface area contributed by atoms with E-state index in [4.69, 9.17) is 4.52 Å². The lowest BCUT2D eigenvalue weighted by Gasteiger charge is -2.13. The first-order chi connectivity index (χ1) is 9.56. The number of nitro groups is 1. The molecule has 1 aromatic carbocycles. The van der Waals surface area contributed by atoms with E-state index in [0.29, 0.717) is 24.7 Å². The zero-order valence-electron chi connectivity index (χ0n) is 11.4. The molecule has 0 amide bonds. The number of non-ortho nitro benzene ring substituents is 1. The van der Waals surface area contributed by atoms with E-state index in [-0.39, 0.29) is 11.7 Å². The quantitative estimate of drug-likeness (QED) is 0.642. The van der Waals surface area contributed by atoms with E-state index < -0.39 is 4.92 Å². The van der Waals surface area contributed by atoms with Crippen molar-refractivity contribution in [3.8, 4) is 0 Å². The molecule has 1 unspecified atom stereocenters. The number of hydrogen-bond donors (Lipinski definition) is 1. The fourth-order valence-electron chi connectivity index (χ4n) is 1.84. The highest BCUT2D eigenvalue weighted by Crippen LogP contribution is 2.17. The van der Waals surface area contributed by atoms with Gasteiger partial charge in [-0.25, -0.2) is 0 Å². The van der Waals surface area contributed by atoms with Crippen molar-refractivity contribution in [1.82, 2.24) is 15.5 Å². The summed E-state index contributed by atoms with van der Waals surface area (Å²) in [7, 11) is 0. The molecule has 2 rings (SSSR count). The van der Waals surface area contributed by atoms with Crippen molar-refractivity contribution in [2.75, 3.05) is 6.54 Å². The summed E-state index contributed by atoms with van der Waals surface area (Å²) < 4.78 is 5.02. The number of nitrogens with one attached hydrogen (secondary N) is 1. The minimum atomic E-state index is -0.403. The Morgan fingerprint density at radius 2 is 2.10 bits per heavy atom. The van der Waals surface area contributed by atoms with Gasteiger partial charge in [-0.2, -0.15) is 4.98 Å². The Kier molecular flexibility index (Phi) is 4.41. The molecule has 1 heterocycles. The van der Waals surface area contributed by atoms with Crippen LogP contribution in [-0.2, 0) is 6.42 Å². The van der Waals surface area contributed by atoms with Crippen LogP contribution in [0.25, 0.3) is 0 Å². The molecule has 20 heavy (non-hydrogen) atoms. The Morgan fingerprint density at radius 1 is 1.40 bits per heavy atom. The summed E-state index contributed by atoms with van der Waals surface area (Å²) in [5.41, 5.74) is 1.10. The molecule has 0 saturated heterocycles. The van der Waals surface area contributed by atoms with Crippen LogP contribution in [0.2, 0.25) is 0 Å². The molecule has 0 aliphatic carbocycles. The molecule has 0 bridgehead atoms. The van der Waals surface area contributed by atoms with Gasteiger partial charge in [0.1, 0.15) is 0 Å². The van der Waals surface area contributed by atoms with Crippen LogP contribution in [0.1, 0.15) is 30.2 Å². The topological polar surface area (TPSA) is 94.1 Å². The fourth-order valence-corrected chi connectivity index (χ4v) is 1.84. The summed E-state index contributed by atoms with van der Waals surface area (Å²) in [6, 6.07) is 6.63. The molecule has 7 heteroatoms. The van der Waals surface area contributed by atoms with Gasteiger partial charge in [0.05, 0.1) is 4.92 Å². The Balaban J connectivity index is 1.85. The molecule has 0 fully saturated rings. The molecule has 0 aliphatic rings. The first-order valence-electron chi connectivity index (χ1n) is 6.33. The largest absolute Gasteiger partial charge is 0.339 e. The van der Waals surface area contributed by atoms with Crippen LogP contribution in [-0.4, -0.2) is 21.6 Å². The van der Waals surface area contributed by atoms with E-state index in [1.54, 1.807) is 19.1 Å². The average Bonchev–Trinajstić information content (AvgIpc) is 2.84. The van der Waals surface area contributed by atoms with Crippen LogP contribution in [0.15, 0.2) is 28.8 Å². The van der Waals surface area contributed by atoms with Crippen molar-refractivity contribution in [1.29, 1.82) is 0 Å². The van der Waals surface area contributed by atoms with Gasteiger partial charge in [0.2, 0.25) is 5.89 Å². The van der Waals surface area contributed by atoms with Gasteiger partial charge >= 0.3 is 0 Å². The number of nitrogens with zero attached hydrogens (tertiary/aromatic N) is 3. The van der Waals surface area contributed by atoms with Gasteiger partial charge in [-0.15, -0.1) is 0 Å². The summed E-state index contributed by atoms with van der Waals surface area (Å²) in [6.45, 7) is 4.47. The predicted molar refractivity (Wildman–Crippen MR) is 72.3 cm³/mol. The standard InChI is InChI=1S/C13H16N4O3/c1-9(11-3-5-12(6-4-11)17(18)19)14-8-7-13-15-10(2)16-20-13/h3-6,9,14H,7-8H2,1-2H3. The number of hydrogen-bond acceptors (Lipinski definition) is 6. The molecular formula is C13H16N4O3. The summed E-state index contributed by atoms with van der Waals surface area (Å²) in [4.78, 5) is 14.3. The number of aryl methyl sites for hydroxylation is 1. The third kappa shape index (κ3) is 3.61. The average molecular weight is 276 g/mol. The van der Waals surface area contributed by atoms with E-state index in [1.807, 2.05) is 6.92 Å². The van der Waals surface area contributed by atoms with Crippen LogP contribution in [0, 0.1) is 17.0 Å². The van der Waals surface area contributed by atoms with E-state index in [0.717, 1.165) is 5.56 Å². The highest BCUT2D eigenvalue weighted by Gasteiger charge is 2.09. The van der Waals surface area contributed by atoms with Crippen molar-refractivity contribution in [2.24, 2.45) is 0 Å². The number of rotatable bonds is 6. The summed E-state index contributed by atoms with van der Waals surface area (Å²) in [5, 5.41) is 17.6. The molecule has 2 aromatic rings. The van der Waals surface area contributed by atoms with Crippen LogP contribution in [0.4, 0.5) is 5.69 Å². The number of benzene rings is 1. The molecule has 106 valence electrons. The van der Waals surface area contributed by atoms with Gasteiger partial charge < -0.3 is 9.84 Å². The Labute approximate surface area is 116 Å². The van der Waals surface area contributed by atoms with Crippen LogP contribution >= 0.6 is 0 Å². The second-order valence-electron chi connectivity index (χ2n) is 4.51. The van der Waals surface area contributed by atoms with E-state index in [2.05, 4.69) is 15.5 Å². The third-order valence-corrected chi connectivity index (χ3v) is 2.96. The Bertz CT molecular complexity index is 580. The Morgan fingerprint density at radius 3 is 2.65 bits per heavy atom. The maximum atomic E-state index is 10.6. The van der Waals surface area contributed by atoms with E-state index in [9.17, 15) is 10.1 Å². The van der Waals surface area contributed by atoms with Crippen LogP contribution in [0.3, 0.4) is 0 Å². The van der Waals surface area contributed by atoms with Gasteiger partial charge in [-0.1, -0.05) is 17.3 Å². The number of nitro benzene ring substituents is 1. The van der Waals surface area contributed by atoms with Crippen molar-refractivity contribution in [2.45, 2.75) is 26.3 Å². The maximum Gasteiger partial charge on any atom is 0.269 e. The van der Waals surface area contributed by atoms with Crippen molar-refractivity contribution >= 4 is 5.69 Å². The lowest BCUT2D eigenvalue weighted by atomic mass is 10.1. The van der Waals surface area contributed by atoms with Gasteiger partial charge in [-0.05, 0) is 19.4 Å². The zero-order valence-corrected chi connectivity index (χ0v) is 11.4. The molecule has 0 spiro atoms. The monoisotopic (exact) mass is 276 g/mol. The van der Waals surface area contributed by atoms with Gasteiger partial charge in [-0.3, -0.25) is 10.1 Å². The normalized spacial score (nSPS) is 12.3. The molecular weight excluding hydrogens is 260 g/mol. The van der Waals surface area contributed by atoms with Crippen LogP contribution in [0.5, 0.6) is 0 Å². The first-order valence-corrected chi connectivity index (χ1v) is 6.33. The highest BCUT2D eigenvalue weighted by atomic mass is 16.6. The minimum Gasteiger partial charge on any atom is -0.339 e. The SMILES string of the molecule is Cc1noc(CCNC(C)c2ccc([N+](=O)[O-])cc2)n1. The zero-order chi connectivity index (χ0) is 14.5. The predicted octanol–water partition coefficient (Wildman–Crippen LogP) is 2.18. The van der Waals surface area contributed by atoms with Crippen molar-refractivity contribution in [3.05, 3.63) is 51.7 Å². The minimum absolute atomic E-state index is 0.0971. The Hall–Kier alpha value is -2.28. The molecule has 7 nitrogen and oxygen atoms in total.